The van der Waals surface area contributed by atoms with Gasteiger partial charge in [0.1, 0.15) is 5.75 Å². The van der Waals surface area contributed by atoms with Gasteiger partial charge in [-0.15, -0.1) is 0 Å². The summed E-state index contributed by atoms with van der Waals surface area (Å²) in [5.41, 5.74) is 8.12. The third-order valence-corrected chi connectivity index (χ3v) is 3.18. The maximum absolute atomic E-state index is 6.15. The van der Waals surface area contributed by atoms with E-state index < -0.39 is 0 Å². The van der Waals surface area contributed by atoms with Crippen LogP contribution in [0.4, 0.5) is 0 Å². The molecule has 0 radical (unpaired) electrons. The summed E-state index contributed by atoms with van der Waals surface area (Å²) in [4.78, 5) is 0. The molecule has 0 saturated heterocycles. The summed E-state index contributed by atoms with van der Waals surface area (Å²) in [6, 6.07) is 9.45. The second-order valence-corrected chi connectivity index (χ2v) is 4.35. The quantitative estimate of drug-likeness (QED) is 0.939. The van der Waals surface area contributed by atoms with E-state index in [1.807, 2.05) is 37.3 Å². The minimum atomic E-state index is -0.196. The number of ether oxygens (including phenoxy) is 1. The summed E-state index contributed by atoms with van der Waals surface area (Å²) in [5, 5.41) is 0. The van der Waals surface area contributed by atoms with Gasteiger partial charge in [-0.1, -0.05) is 12.1 Å². The van der Waals surface area contributed by atoms with Crippen LogP contribution in [0, 0.1) is 0 Å². The van der Waals surface area contributed by atoms with E-state index in [1.54, 1.807) is 6.26 Å². The van der Waals surface area contributed by atoms with E-state index in [0.717, 1.165) is 16.9 Å². The smallest absolute Gasteiger partial charge is 0.174 e. The normalized spacial score (nSPS) is 12.4. The molecule has 17 heavy (non-hydrogen) atoms. The van der Waals surface area contributed by atoms with Gasteiger partial charge in [0.25, 0.3) is 0 Å². The molecule has 2 aromatic rings. The fraction of sp³-hybridized carbons (Fsp3) is 0.231. The first-order valence-corrected chi connectivity index (χ1v) is 6.23. The zero-order chi connectivity index (χ0) is 12.3. The van der Waals surface area contributed by atoms with Crippen LogP contribution in [0.3, 0.4) is 0 Å². The maximum atomic E-state index is 6.15. The van der Waals surface area contributed by atoms with Crippen molar-refractivity contribution in [3.63, 3.8) is 0 Å². The summed E-state index contributed by atoms with van der Waals surface area (Å²) in [6.07, 6.45) is 1.62. The number of halogens is 1. The molecule has 2 rings (SSSR count). The van der Waals surface area contributed by atoms with Crippen molar-refractivity contribution in [2.24, 2.45) is 5.73 Å². The van der Waals surface area contributed by atoms with E-state index in [0.29, 0.717) is 11.3 Å². The molecule has 4 heteroatoms. The molecule has 0 amide bonds. The Balaban J connectivity index is 2.20. The standard InChI is InChI=1S/C13H14BrNO2/c1-2-16-10-5-3-9(4-6-10)12(15)11-7-8-17-13(11)14/h3-8,12H,2,15H2,1H3. The third kappa shape index (κ3) is 2.70. The van der Waals surface area contributed by atoms with Gasteiger partial charge in [-0.25, -0.2) is 0 Å². The van der Waals surface area contributed by atoms with Crippen LogP contribution in [0.5, 0.6) is 5.75 Å². The molecular formula is C13H14BrNO2. The second-order valence-electron chi connectivity index (χ2n) is 3.63. The SMILES string of the molecule is CCOc1ccc(C(N)c2ccoc2Br)cc1. The zero-order valence-electron chi connectivity index (χ0n) is 9.52. The summed E-state index contributed by atoms with van der Waals surface area (Å²) in [6.45, 7) is 2.63. The molecule has 1 atom stereocenters. The van der Waals surface area contributed by atoms with Crippen molar-refractivity contribution in [1.82, 2.24) is 0 Å². The van der Waals surface area contributed by atoms with Crippen molar-refractivity contribution >= 4 is 15.9 Å². The van der Waals surface area contributed by atoms with Crippen LogP contribution in [-0.2, 0) is 0 Å². The van der Waals surface area contributed by atoms with Crippen LogP contribution >= 0.6 is 15.9 Å². The van der Waals surface area contributed by atoms with Gasteiger partial charge in [0.05, 0.1) is 18.9 Å². The Bertz CT molecular complexity index is 478. The number of hydrogen-bond acceptors (Lipinski definition) is 3. The molecule has 1 aromatic carbocycles. The van der Waals surface area contributed by atoms with Crippen LogP contribution in [0.15, 0.2) is 45.7 Å². The van der Waals surface area contributed by atoms with Gasteiger partial charge in [-0.3, -0.25) is 0 Å². The van der Waals surface area contributed by atoms with E-state index in [-0.39, 0.29) is 6.04 Å². The van der Waals surface area contributed by atoms with Gasteiger partial charge in [0, 0.05) is 5.56 Å². The number of benzene rings is 1. The van der Waals surface area contributed by atoms with Crippen molar-refractivity contribution in [2.45, 2.75) is 13.0 Å². The van der Waals surface area contributed by atoms with Crippen LogP contribution in [0.25, 0.3) is 0 Å². The highest BCUT2D eigenvalue weighted by atomic mass is 79.9. The Morgan fingerprint density at radius 2 is 2.00 bits per heavy atom. The molecule has 0 spiro atoms. The second kappa shape index (κ2) is 5.38. The molecule has 0 saturated carbocycles. The summed E-state index contributed by atoms with van der Waals surface area (Å²) in [5.74, 6) is 0.856. The van der Waals surface area contributed by atoms with E-state index in [4.69, 9.17) is 14.9 Å². The van der Waals surface area contributed by atoms with Gasteiger partial charge >= 0.3 is 0 Å². The lowest BCUT2D eigenvalue weighted by Gasteiger charge is -2.11. The first kappa shape index (κ1) is 12.2. The fourth-order valence-corrected chi connectivity index (χ4v) is 2.13. The zero-order valence-corrected chi connectivity index (χ0v) is 11.1. The van der Waals surface area contributed by atoms with E-state index in [2.05, 4.69) is 15.9 Å². The molecule has 3 nitrogen and oxygen atoms in total. The Labute approximate surface area is 109 Å². The molecule has 2 N–H and O–H groups in total. The summed E-state index contributed by atoms with van der Waals surface area (Å²) >= 11 is 3.33. The van der Waals surface area contributed by atoms with Crippen molar-refractivity contribution in [3.05, 3.63) is 52.4 Å². The molecular weight excluding hydrogens is 282 g/mol. The first-order valence-electron chi connectivity index (χ1n) is 5.43. The van der Waals surface area contributed by atoms with Crippen molar-refractivity contribution in [1.29, 1.82) is 0 Å². The largest absolute Gasteiger partial charge is 0.494 e. The van der Waals surface area contributed by atoms with Crippen molar-refractivity contribution in [2.75, 3.05) is 6.61 Å². The topological polar surface area (TPSA) is 48.4 Å². The molecule has 0 aliphatic rings. The van der Waals surface area contributed by atoms with Crippen LogP contribution in [-0.4, -0.2) is 6.61 Å². The number of rotatable bonds is 4. The van der Waals surface area contributed by atoms with Crippen molar-refractivity contribution in [3.8, 4) is 5.75 Å². The lowest BCUT2D eigenvalue weighted by molar-refractivity contribution is 0.340. The average Bonchev–Trinajstić information content (AvgIpc) is 2.76. The Hall–Kier alpha value is -1.26. The summed E-state index contributed by atoms with van der Waals surface area (Å²) in [7, 11) is 0. The highest BCUT2D eigenvalue weighted by Crippen LogP contribution is 2.28. The fourth-order valence-electron chi connectivity index (χ4n) is 1.64. The summed E-state index contributed by atoms with van der Waals surface area (Å²) < 4.78 is 11.2. The lowest BCUT2D eigenvalue weighted by Crippen LogP contribution is -2.11. The van der Waals surface area contributed by atoms with E-state index in [1.165, 1.54) is 0 Å². The number of hydrogen-bond donors (Lipinski definition) is 1. The van der Waals surface area contributed by atoms with Crippen LogP contribution in [0.1, 0.15) is 24.1 Å². The molecule has 1 aromatic heterocycles. The van der Waals surface area contributed by atoms with Crippen molar-refractivity contribution < 1.29 is 9.15 Å². The molecule has 1 unspecified atom stereocenters. The van der Waals surface area contributed by atoms with Gasteiger partial charge in [-0.2, -0.15) is 0 Å². The van der Waals surface area contributed by atoms with Crippen LogP contribution < -0.4 is 10.5 Å². The minimum absolute atomic E-state index is 0.196. The predicted molar refractivity (Wildman–Crippen MR) is 70.0 cm³/mol. The van der Waals surface area contributed by atoms with Gasteiger partial charge < -0.3 is 14.9 Å². The third-order valence-electron chi connectivity index (χ3n) is 2.53. The molecule has 0 fully saturated rings. The van der Waals surface area contributed by atoms with E-state index in [9.17, 15) is 0 Å². The molecule has 0 aliphatic carbocycles. The molecule has 1 heterocycles. The minimum Gasteiger partial charge on any atom is -0.494 e. The Morgan fingerprint density at radius 1 is 1.29 bits per heavy atom. The Kier molecular flexibility index (Phi) is 3.86. The molecule has 0 aliphatic heterocycles. The van der Waals surface area contributed by atoms with Crippen LogP contribution in [0.2, 0.25) is 0 Å². The van der Waals surface area contributed by atoms with Gasteiger partial charge in [0.15, 0.2) is 4.67 Å². The Morgan fingerprint density at radius 3 is 2.53 bits per heavy atom. The molecule has 90 valence electrons. The van der Waals surface area contributed by atoms with E-state index >= 15 is 0 Å². The highest BCUT2D eigenvalue weighted by Gasteiger charge is 2.14. The number of nitrogens with two attached hydrogens (primary N) is 1. The maximum Gasteiger partial charge on any atom is 0.174 e. The highest BCUT2D eigenvalue weighted by molar-refractivity contribution is 9.10. The lowest BCUT2D eigenvalue weighted by atomic mass is 10.0. The molecule has 0 bridgehead atoms. The predicted octanol–water partition coefficient (Wildman–Crippen LogP) is 3.49. The monoisotopic (exact) mass is 295 g/mol. The number of furan rings is 1. The van der Waals surface area contributed by atoms with Gasteiger partial charge in [-0.05, 0) is 46.6 Å². The van der Waals surface area contributed by atoms with Gasteiger partial charge in [0.2, 0.25) is 0 Å². The average molecular weight is 296 g/mol. The first-order chi connectivity index (χ1) is 8.22.